The number of para-hydroxylation sites is 1. The second kappa shape index (κ2) is 6.37. The zero-order chi connectivity index (χ0) is 14.5. The molecule has 0 aliphatic carbocycles. The lowest BCUT2D eigenvalue weighted by atomic mass is 10.1. The molecule has 0 saturated carbocycles. The molecule has 0 saturated heterocycles. The van der Waals surface area contributed by atoms with E-state index in [-0.39, 0.29) is 5.69 Å². The van der Waals surface area contributed by atoms with Crippen molar-refractivity contribution >= 4 is 22.6 Å². The molecule has 0 radical (unpaired) electrons. The number of hydrogen-bond donors (Lipinski definition) is 1. The maximum Gasteiger partial charge on any atom is 0.357 e. The topological polar surface area (TPSA) is 65.2 Å². The summed E-state index contributed by atoms with van der Waals surface area (Å²) in [4.78, 5) is 16.3. The highest BCUT2D eigenvalue weighted by atomic mass is 16.5. The Kier molecular flexibility index (Phi) is 4.56. The van der Waals surface area contributed by atoms with E-state index in [0.29, 0.717) is 23.7 Å². The van der Waals surface area contributed by atoms with Crippen LogP contribution in [0.2, 0.25) is 0 Å². The van der Waals surface area contributed by atoms with E-state index in [1.807, 2.05) is 24.3 Å². The Balaban J connectivity index is 2.14. The van der Waals surface area contributed by atoms with Crippen LogP contribution < -0.4 is 5.73 Å². The minimum Gasteiger partial charge on any atom is -0.461 e. The quantitative estimate of drug-likeness (QED) is 0.847. The van der Waals surface area contributed by atoms with E-state index in [9.17, 15) is 4.79 Å². The summed E-state index contributed by atoms with van der Waals surface area (Å²) in [6.45, 7) is 4.60. The summed E-state index contributed by atoms with van der Waals surface area (Å²) in [5, 5.41) is 0.850. The molecule has 0 aliphatic heterocycles. The number of benzene rings is 1. The Morgan fingerprint density at radius 3 is 2.90 bits per heavy atom. The standard InChI is InChI=1S/C16H20N2O2/c1-3-6-11(2)10-20-16(19)15-9-13(17)12-7-4-5-8-14(12)18-15/h4-5,7-9,11H,3,6,10H2,1-2H3,(H2,17,18). The van der Waals surface area contributed by atoms with Crippen LogP contribution in [0.4, 0.5) is 5.69 Å². The van der Waals surface area contributed by atoms with Crippen molar-refractivity contribution < 1.29 is 9.53 Å². The predicted octanol–water partition coefficient (Wildman–Crippen LogP) is 3.41. The molecule has 20 heavy (non-hydrogen) atoms. The van der Waals surface area contributed by atoms with Crippen LogP contribution in [0, 0.1) is 5.92 Å². The Bertz CT molecular complexity index is 610. The van der Waals surface area contributed by atoms with Crippen LogP contribution in [-0.2, 0) is 4.74 Å². The number of nitrogens with zero attached hydrogens (tertiary/aromatic N) is 1. The minimum atomic E-state index is -0.412. The highest BCUT2D eigenvalue weighted by Gasteiger charge is 2.13. The van der Waals surface area contributed by atoms with Gasteiger partial charge >= 0.3 is 5.97 Å². The van der Waals surface area contributed by atoms with Gasteiger partial charge in [0.25, 0.3) is 0 Å². The van der Waals surface area contributed by atoms with E-state index in [1.165, 1.54) is 0 Å². The molecule has 106 valence electrons. The highest BCUT2D eigenvalue weighted by Crippen LogP contribution is 2.20. The molecular weight excluding hydrogens is 252 g/mol. The summed E-state index contributed by atoms with van der Waals surface area (Å²) in [6.07, 6.45) is 2.13. The van der Waals surface area contributed by atoms with Gasteiger partial charge in [-0.05, 0) is 24.5 Å². The van der Waals surface area contributed by atoms with Crippen molar-refractivity contribution in [2.24, 2.45) is 5.92 Å². The molecule has 1 aromatic heterocycles. The fourth-order valence-corrected chi connectivity index (χ4v) is 2.17. The van der Waals surface area contributed by atoms with E-state index in [2.05, 4.69) is 18.8 Å². The molecule has 1 atom stereocenters. The average Bonchev–Trinajstić information content (AvgIpc) is 2.45. The fraction of sp³-hybridized carbons (Fsp3) is 0.375. The molecule has 0 spiro atoms. The minimum absolute atomic E-state index is 0.268. The smallest absolute Gasteiger partial charge is 0.357 e. The number of aromatic nitrogens is 1. The Hall–Kier alpha value is -2.10. The van der Waals surface area contributed by atoms with E-state index >= 15 is 0 Å². The lowest BCUT2D eigenvalue weighted by Gasteiger charge is -2.11. The number of nitrogens with two attached hydrogens (primary N) is 1. The third-order valence-electron chi connectivity index (χ3n) is 3.24. The zero-order valence-electron chi connectivity index (χ0n) is 11.9. The van der Waals surface area contributed by atoms with Crippen molar-refractivity contribution in [1.29, 1.82) is 0 Å². The van der Waals surface area contributed by atoms with Gasteiger partial charge in [0.05, 0.1) is 12.1 Å². The summed E-state index contributed by atoms with van der Waals surface area (Å²) in [5.74, 6) is -0.0489. The van der Waals surface area contributed by atoms with Gasteiger partial charge < -0.3 is 10.5 Å². The normalized spacial score (nSPS) is 12.3. The first-order chi connectivity index (χ1) is 9.61. The van der Waals surface area contributed by atoms with Crippen LogP contribution in [0.3, 0.4) is 0 Å². The second-order valence-electron chi connectivity index (χ2n) is 5.11. The van der Waals surface area contributed by atoms with Crippen LogP contribution >= 0.6 is 0 Å². The Labute approximate surface area is 119 Å². The van der Waals surface area contributed by atoms with Crippen molar-refractivity contribution in [1.82, 2.24) is 4.98 Å². The number of ether oxygens (including phenoxy) is 1. The monoisotopic (exact) mass is 272 g/mol. The molecular formula is C16H20N2O2. The Morgan fingerprint density at radius 1 is 1.40 bits per heavy atom. The number of rotatable bonds is 5. The van der Waals surface area contributed by atoms with Crippen LogP contribution in [0.25, 0.3) is 10.9 Å². The van der Waals surface area contributed by atoms with Gasteiger partial charge in [-0.25, -0.2) is 9.78 Å². The third kappa shape index (κ3) is 3.26. The summed E-state index contributed by atoms with van der Waals surface area (Å²) >= 11 is 0. The van der Waals surface area contributed by atoms with E-state index in [0.717, 1.165) is 18.2 Å². The summed E-state index contributed by atoms with van der Waals surface area (Å²) in [6, 6.07) is 9.06. The molecule has 1 heterocycles. The highest BCUT2D eigenvalue weighted by molar-refractivity contribution is 5.96. The number of esters is 1. The van der Waals surface area contributed by atoms with Crippen molar-refractivity contribution in [3.8, 4) is 0 Å². The van der Waals surface area contributed by atoms with E-state index in [4.69, 9.17) is 10.5 Å². The van der Waals surface area contributed by atoms with Gasteiger partial charge in [-0.2, -0.15) is 0 Å². The molecule has 4 heteroatoms. The molecule has 2 aromatic rings. The van der Waals surface area contributed by atoms with E-state index in [1.54, 1.807) is 6.07 Å². The fourth-order valence-electron chi connectivity index (χ4n) is 2.17. The SMILES string of the molecule is CCCC(C)COC(=O)c1cc(N)c2ccccc2n1. The molecule has 0 aliphatic rings. The van der Waals surface area contributed by atoms with Gasteiger partial charge in [-0.1, -0.05) is 38.5 Å². The molecule has 2 N–H and O–H groups in total. The van der Waals surface area contributed by atoms with E-state index < -0.39 is 5.97 Å². The van der Waals surface area contributed by atoms with Crippen LogP contribution in [0.15, 0.2) is 30.3 Å². The maximum absolute atomic E-state index is 12.0. The van der Waals surface area contributed by atoms with Gasteiger partial charge in [-0.15, -0.1) is 0 Å². The first kappa shape index (κ1) is 14.3. The first-order valence-corrected chi connectivity index (χ1v) is 6.94. The van der Waals surface area contributed by atoms with Gasteiger partial charge in [0, 0.05) is 11.1 Å². The van der Waals surface area contributed by atoms with Crippen LogP contribution in [-0.4, -0.2) is 17.6 Å². The lowest BCUT2D eigenvalue weighted by molar-refractivity contribution is 0.0437. The first-order valence-electron chi connectivity index (χ1n) is 6.94. The number of pyridine rings is 1. The molecule has 0 bridgehead atoms. The molecule has 0 fully saturated rings. The van der Waals surface area contributed by atoms with Crippen molar-refractivity contribution in [3.05, 3.63) is 36.0 Å². The Morgan fingerprint density at radius 2 is 2.15 bits per heavy atom. The van der Waals surface area contributed by atoms with Gasteiger partial charge in [-0.3, -0.25) is 0 Å². The maximum atomic E-state index is 12.0. The van der Waals surface area contributed by atoms with Gasteiger partial charge in [0.1, 0.15) is 0 Å². The van der Waals surface area contributed by atoms with Crippen molar-refractivity contribution in [3.63, 3.8) is 0 Å². The van der Waals surface area contributed by atoms with Crippen molar-refractivity contribution in [2.75, 3.05) is 12.3 Å². The summed E-state index contributed by atoms with van der Waals surface area (Å²) < 4.78 is 5.29. The number of nitrogen functional groups attached to an aromatic ring is 1. The largest absolute Gasteiger partial charge is 0.461 e. The second-order valence-corrected chi connectivity index (χ2v) is 5.11. The molecule has 4 nitrogen and oxygen atoms in total. The molecule has 2 rings (SSSR count). The number of fused-ring (bicyclic) bond motifs is 1. The van der Waals surface area contributed by atoms with Gasteiger partial charge in [0.2, 0.25) is 0 Å². The zero-order valence-corrected chi connectivity index (χ0v) is 11.9. The molecule has 1 aromatic carbocycles. The van der Waals surface area contributed by atoms with Crippen LogP contribution in [0.1, 0.15) is 37.2 Å². The predicted molar refractivity (Wildman–Crippen MR) is 80.5 cm³/mol. The summed E-state index contributed by atoms with van der Waals surface area (Å²) in [7, 11) is 0. The number of hydrogen-bond acceptors (Lipinski definition) is 4. The molecule has 1 unspecified atom stereocenters. The lowest BCUT2D eigenvalue weighted by Crippen LogP contribution is -2.13. The average molecular weight is 272 g/mol. The third-order valence-corrected chi connectivity index (χ3v) is 3.24. The van der Waals surface area contributed by atoms with Crippen LogP contribution in [0.5, 0.6) is 0 Å². The molecule has 0 amide bonds. The number of carbonyl (C=O) groups is 1. The van der Waals surface area contributed by atoms with Crippen molar-refractivity contribution in [2.45, 2.75) is 26.7 Å². The number of carbonyl (C=O) groups excluding carboxylic acids is 1. The summed E-state index contributed by atoms with van der Waals surface area (Å²) in [5.41, 5.74) is 7.47. The van der Waals surface area contributed by atoms with Gasteiger partial charge in [0.15, 0.2) is 5.69 Å². The number of anilines is 1.